The quantitative estimate of drug-likeness (QED) is 0.549. The lowest BCUT2D eigenvalue weighted by molar-refractivity contribution is 0.628. The van der Waals surface area contributed by atoms with Gasteiger partial charge in [0, 0.05) is 10.9 Å². The number of halogens is 2. The first kappa shape index (κ1) is 16.1. The van der Waals surface area contributed by atoms with Gasteiger partial charge in [-0.2, -0.15) is 5.10 Å². The van der Waals surface area contributed by atoms with Crippen LogP contribution in [0.4, 0.5) is 9.52 Å². The molecule has 3 nitrogen and oxygen atoms in total. The molecule has 6 heteroatoms. The summed E-state index contributed by atoms with van der Waals surface area (Å²) in [6.45, 7) is 0. The van der Waals surface area contributed by atoms with Crippen molar-refractivity contribution in [2.24, 2.45) is 5.10 Å². The lowest BCUT2D eigenvalue weighted by Gasteiger charge is -1.95. The predicted molar refractivity (Wildman–Crippen MR) is 92.4 cm³/mol. The molecule has 3 rings (SSSR count). The Labute approximate surface area is 138 Å². The standard InChI is InChI=1S/C16H12FN3S.ClH/c17-14-8-6-12(7-9-14)10-18-20-16-19-15(11-21-16)13-4-2-1-3-5-13;/h1-11H,(H,19,20);1H. The second-order valence-electron chi connectivity index (χ2n) is 4.33. The normalized spacial score (nSPS) is 10.4. The van der Waals surface area contributed by atoms with Crippen molar-refractivity contribution < 1.29 is 4.39 Å². The number of nitrogens with one attached hydrogen (secondary N) is 1. The van der Waals surface area contributed by atoms with Gasteiger partial charge in [0.15, 0.2) is 0 Å². The van der Waals surface area contributed by atoms with Gasteiger partial charge in [0.25, 0.3) is 0 Å². The van der Waals surface area contributed by atoms with E-state index in [4.69, 9.17) is 0 Å². The number of anilines is 1. The fourth-order valence-corrected chi connectivity index (χ4v) is 2.45. The van der Waals surface area contributed by atoms with Gasteiger partial charge < -0.3 is 0 Å². The molecule has 0 aliphatic heterocycles. The predicted octanol–water partition coefficient (Wildman–Crippen LogP) is 4.82. The molecular weight excluding hydrogens is 321 g/mol. The van der Waals surface area contributed by atoms with E-state index in [0.717, 1.165) is 16.8 Å². The Morgan fingerprint density at radius 2 is 1.77 bits per heavy atom. The molecule has 0 unspecified atom stereocenters. The Morgan fingerprint density at radius 3 is 2.50 bits per heavy atom. The highest BCUT2D eigenvalue weighted by atomic mass is 35.5. The van der Waals surface area contributed by atoms with Crippen molar-refractivity contribution in [3.05, 3.63) is 71.4 Å². The molecule has 22 heavy (non-hydrogen) atoms. The number of hydrazone groups is 1. The largest absolute Gasteiger partial charge is 0.253 e. The SMILES string of the molecule is Cl.Fc1ccc(C=NNc2nc(-c3ccccc3)cs2)cc1. The van der Waals surface area contributed by atoms with E-state index in [1.165, 1.54) is 23.5 Å². The van der Waals surface area contributed by atoms with Crippen molar-refractivity contribution in [1.29, 1.82) is 0 Å². The molecule has 0 fully saturated rings. The monoisotopic (exact) mass is 333 g/mol. The molecule has 0 saturated heterocycles. The van der Waals surface area contributed by atoms with Crippen molar-refractivity contribution in [1.82, 2.24) is 4.98 Å². The van der Waals surface area contributed by atoms with Gasteiger partial charge in [0.05, 0.1) is 11.9 Å². The van der Waals surface area contributed by atoms with E-state index >= 15 is 0 Å². The Bertz CT molecular complexity index is 742. The van der Waals surface area contributed by atoms with Crippen molar-refractivity contribution in [3.63, 3.8) is 0 Å². The summed E-state index contributed by atoms with van der Waals surface area (Å²) in [5.41, 5.74) is 5.69. The number of thiazole rings is 1. The summed E-state index contributed by atoms with van der Waals surface area (Å²) >= 11 is 1.49. The van der Waals surface area contributed by atoms with Gasteiger partial charge in [-0.05, 0) is 17.7 Å². The molecule has 0 spiro atoms. The van der Waals surface area contributed by atoms with Crippen LogP contribution in [0.1, 0.15) is 5.56 Å². The summed E-state index contributed by atoms with van der Waals surface area (Å²) in [5.74, 6) is -0.257. The molecule has 0 bridgehead atoms. The van der Waals surface area contributed by atoms with E-state index in [-0.39, 0.29) is 18.2 Å². The molecule has 0 saturated carbocycles. The lowest BCUT2D eigenvalue weighted by atomic mass is 10.2. The van der Waals surface area contributed by atoms with E-state index in [9.17, 15) is 4.39 Å². The van der Waals surface area contributed by atoms with Crippen LogP contribution < -0.4 is 5.43 Å². The van der Waals surface area contributed by atoms with Crippen molar-refractivity contribution >= 4 is 35.1 Å². The Kier molecular flexibility index (Phi) is 5.63. The van der Waals surface area contributed by atoms with Crippen molar-refractivity contribution in [2.75, 3.05) is 5.43 Å². The van der Waals surface area contributed by atoms with Gasteiger partial charge in [-0.1, -0.05) is 42.5 Å². The maximum atomic E-state index is 12.8. The third-order valence-electron chi connectivity index (χ3n) is 2.82. The van der Waals surface area contributed by atoms with Gasteiger partial charge in [-0.3, -0.25) is 5.43 Å². The smallest absolute Gasteiger partial charge is 0.203 e. The number of benzene rings is 2. The number of aromatic nitrogens is 1. The minimum absolute atomic E-state index is 0. The average Bonchev–Trinajstić information content (AvgIpc) is 2.99. The molecule has 1 aromatic heterocycles. The molecule has 0 aliphatic rings. The minimum atomic E-state index is -0.257. The van der Waals surface area contributed by atoms with Gasteiger partial charge in [-0.15, -0.1) is 23.7 Å². The first-order valence-electron chi connectivity index (χ1n) is 6.37. The highest BCUT2D eigenvalue weighted by molar-refractivity contribution is 7.14. The molecule has 3 aromatic rings. The van der Waals surface area contributed by atoms with Crippen LogP contribution in [0.3, 0.4) is 0 Å². The zero-order valence-corrected chi connectivity index (χ0v) is 13.1. The first-order chi connectivity index (χ1) is 10.3. The minimum Gasteiger partial charge on any atom is -0.253 e. The zero-order valence-electron chi connectivity index (χ0n) is 11.4. The number of hydrogen-bond acceptors (Lipinski definition) is 4. The van der Waals surface area contributed by atoms with Crippen LogP contribution in [0.15, 0.2) is 65.1 Å². The van der Waals surface area contributed by atoms with E-state index in [1.807, 2.05) is 35.7 Å². The molecular formula is C16H13ClFN3S. The second-order valence-corrected chi connectivity index (χ2v) is 5.18. The van der Waals surface area contributed by atoms with Crippen LogP contribution in [0, 0.1) is 5.82 Å². The fraction of sp³-hybridized carbons (Fsp3) is 0. The molecule has 2 aromatic carbocycles. The maximum Gasteiger partial charge on any atom is 0.203 e. The highest BCUT2D eigenvalue weighted by Crippen LogP contribution is 2.24. The Balaban J connectivity index is 0.00000176. The number of nitrogens with zero attached hydrogens (tertiary/aromatic N) is 2. The summed E-state index contributed by atoms with van der Waals surface area (Å²) in [7, 11) is 0. The van der Waals surface area contributed by atoms with E-state index in [0.29, 0.717) is 5.13 Å². The maximum absolute atomic E-state index is 12.8. The van der Waals surface area contributed by atoms with Crippen LogP contribution in [-0.2, 0) is 0 Å². The second kappa shape index (κ2) is 7.68. The van der Waals surface area contributed by atoms with E-state index < -0.39 is 0 Å². The molecule has 0 atom stereocenters. The van der Waals surface area contributed by atoms with Crippen molar-refractivity contribution in [3.8, 4) is 11.3 Å². The molecule has 0 aliphatic carbocycles. The van der Waals surface area contributed by atoms with Crippen LogP contribution >= 0.6 is 23.7 Å². The summed E-state index contributed by atoms with van der Waals surface area (Å²) in [6, 6.07) is 16.1. The Morgan fingerprint density at radius 1 is 1.05 bits per heavy atom. The lowest BCUT2D eigenvalue weighted by Crippen LogP contribution is -1.90. The van der Waals surface area contributed by atoms with Crippen LogP contribution in [0.5, 0.6) is 0 Å². The zero-order chi connectivity index (χ0) is 14.5. The summed E-state index contributed by atoms with van der Waals surface area (Å²) < 4.78 is 12.8. The average molecular weight is 334 g/mol. The van der Waals surface area contributed by atoms with Gasteiger partial charge in [0.1, 0.15) is 5.82 Å². The van der Waals surface area contributed by atoms with Gasteiger partial charge in [-0.25, -0.2) is 9.37 Å². The van der Waals surface area contributed by atoms with Gasteiger partial charge >= 0.3 is 0 Å². The molecule has 0 radical (unpaired) electrons. The number of rotatable bonds is 4. The molecule has 112 valence electrons. The Hall–Kier alpha value is -2.24. The van der Waals surface area contributed by atoms with Crippen LogP contribution in [0.2, 0.25) is 0 Å². The fourth-order valence-electron chi connectivity index (χ4n) is 1.78. The first-order valence-corrected chi connectivity index (χ1v) is 7.25. The van der Waals surface area contributed by atoms with Crippen LogP contribution in [0.25, 0.3) is 11.3 Å². The summed E-state index contributed by atoms with van der Waals surface area (Å²) in [6.07, 6.45) is 1.63. The third-order valence-corrected chi connectivity index (χ3v) is 3.56. The molecule has 1 heterocycles. The van der Waals surface area contributed by atoms with Crippen LogP contribution in [-0.4, -0.2) is 11.2 Å². The summed E-state index contributed by atoms with van der Waals surface area (Å²) in [5, 5.41) is 6.79. The van der Waals surface area contributed by atoms with Crippen molar-refractivity contribution in [2.45, 2.75) is 0 Å². The summed E-state index contributed by atoms with van der Waals surface area (Å²) in [4.78, 5) is 4.46. The van der Waals surface area contributed by atoms with E-state index in [1.54, 1.807) is 18.3 Å². The molecule has 1 N–H and O–H groups in total. The third kappa shape index (κ3) is 4.13. The highest BCUT2D eigenvalue weighted by Gasteiger charge is 2.02. The van der Waals surface area contributed by atoms with E-state index in [2.05, 4.69) is 15.5 Å². The van der Waals surface area contributed by atoms with Gasteiger partial charge in [0.2, 0.25) is 5.13 Å². The number of hydrogen-bond donors (Lipinski definition) is 1. The molecule has 0 amide bonds. The topological polar surface area (TPSA) is 37.3 Å².